The summed E-state index contributed by atoms with van der Waals surface area (Å²) in [4.78, 5) is 31.1. The van der Waals surface area contributed by atoms with Crippen LogP contribution in [-0.2, 0) is 11.3 Å². The number of hydrogen-bond acceptors (Lipinski definition) is 4. The van der Waals surface area contributed by atoms with Crippen LogP contribution in [0.2, 0.25) is 0 Å². The van der Waals surface area contributed by atoms with E-state index in [9.17, 15) is 9.59 Å². The van der Waals surface area contributed by atoms with Crippen LogP contribution in [0.4, 0.5) is 0 Å². The highest BCUT2D eigenvalue weighted by Crippen LogP contribution is 2.37. The van der Waals surface area contributed by atoms with E-state index in [0.717, 1.165) is 11.3 Å². The van der Waals surface area contributed by atoms with Gasteiger partial charge in [-0.1, -0.05) is 29.8 Å². The Labute approximate surface area is 145 Å². The number of carbonyl (C=O) groups excluding carboxylic acids is 1. The first-order chi connectivity index (χ1) is 11.5. The molecule has 0 saturated carbocycles. The summed E-state index contributed by atoms with van der Waals surface area (Å²) < 4.78 is 1.40. The Morgan fingerprint density at radius 1 is 1.25 bits per heavy atom. The SMILES string of the molecule is Cc1ccc(C2SCCN2C(=O)Cn2cnc(C)c(C)c2=O)cc1. The first-order valence-corrected chi connectivity index (χ1v) is 9.02. The van der Waals surface area contributed by atoms with Crippen molar-refractivity contribution in [1.82, 2.24) is 14.5 Å². The van der Waals surface area contributed by atoms with Crippen molar-refractivity contribution < 1.29 is 4.79 Å². The lowest BCUT2D eigenvalue weighted by Crippen LogP contribution is -2.36. The zero-order chi connectivity index (χ0) is 17.3. The van der Waals surface area contributed by atoms with Gasteiger partial charge in [0.05, 0.1) is 6.33 Å². The summed E-state index contributed by atoms with van der Waals surface area (Å²) in [5.41, 5.74) is 3.48. The van der Waals surface area contributed by atoms with Crippen molar-refractivity contribution in [3.05, 3.63) is 63.3 Å². The van der Waals surface area contributed by atoms with Crippen molar-refractivity contribution in [2.45, 2.75) is 32.7 Å². The fraction of sp³-hybridized carbons (Fsp3) is 0.389. The number of aryl methyl sites for hydroxylation is 2. The number of amides is 1. The minimum Gasteiger partial charge on any atom is -0.324 e. The minimum atomic E-state index is -0.144. The third kappa shape index (κ3) is 3.24. The predicted octanol–water partition coefficient (Wildman–Crippen LogP) is 2.44. The molecule has 1 unspecified atom stereocenters. The van der Waals surface area contributed by atoms with Crippen molar-refractivity contribution in [3.8, 4) is 0 Å². The average Bonchev–Trinajstić information content (AvgIpc) is 3.06. The minimum absolute atomic E-state index is 0.0216. The van der Waals surface area contributed by atoms with E-state index in [2.05, 4.69) is 29.2 Å². The summed E-state index contributed by atoms with van der Waals surface area (Å²) in [5, 5.41) is 0.0216. The second kappa shape index (κ2) is 6.81. The number of aromatic nitrogens is 2. The van der Waals surface area contributed by atoms with Crippen LogP contribution < -0.4 is 5.56 Å². The maximum Gasteiger partial charge on any atom is 0.256 e. The molecule has 1 saturated heterocycles. The van der Waals surface area contributed by atoms with Gasteiger partial charge in [0.1, 0.15) is 11.9 Å². The molecule has 2 aromatic rings. The van der Waals surface area contributed by atoms with Gasteiger partial charge < -0.3 is 4.90 Å². The average molecular weight is 343 g/mol. The molecule has 1 fully saturated rings. The molecule has 1 aromatic carbocycles. The molecule has 0 radical (unpaired) electrons. The van der Waals surface area contributed by atoms with Gasteiger partial charge in [-0.25, -0.2) is 4.98 Å². The molecular formula is C18H21N3O2S. The third-order valence-corrected chi connectivity index (χ3v) is 5.66. The summed E-state index contributed by atoms with van der Waals surface area (Å²) >= 11 is 1.76. The second-order valence-corrected chi connectivity index (χ2v) is 7.30. The van der Waals surface area contributed by atoms with E-state index in [1.54, 1.807) is 25.6 Å². The number of benzene rings is 1. The number of rotatable bonds is 3. The summed E-state index contributed by atoms with van der Waals surface area (Å²) in [6, 6.07) is 8.27. The molecule has 1 atom stereocenters. The Kier molecular flexibility index (Phi) is 4.76. The van der Waals surface area contributed by atoms with Crippen LogP contribution >= 0.6 is 11.8 Å². The van der Waals surface area contributed by atoms with Crippen molar-refractivity contribution in [2.24, 2.45) is 0 Å². The number of thioether (sulfide) groups is 1. The van der Waals surface area contributed by atoms with Crippen LogP contribution in [0.3, 0.4) is 0 Å². The van der Waals surface area contributed by atoms with Crippen LogP contribution in [0.25, 0.3) is 0 Å². The van der Waals surface area contributed by atoms with Crippen molar-refractivity contribution >= 4 is 17.7 Å². The van der Waals surface area contributed by atoms with Crippen LogP contribution in [0.1, 0.15) is 27.8 Å². The molecule has 1 aliphatic rings. The maximum atomic E-state index is 12.7. The molecular weight excluding hydrogens is 322 g/mol. The van der Waals surface area contributed by atoms with E-state index in [-0.39, 0.29) is 23.4 Å². The van der Waals surface area contributed by atoms with E-state index in [4.69, 9.17) is 0 Å². The lowest BCUT2D eigenvalue weighted by atomic mass is 10.1. The van der Waals surface area contributed by atoms with Gasteiger partial charge in [0, 0.05) is 23.6 Å². The van der Waals surface area contributed by atoms with E-state index in [0.29, 0.717) is 17.8 Å². The number of nitrogens with zero attached hydrogens (tertiary/aromatic N) is 3. The topological polar surface area (TPSA) is 55.2 Å². The quantitative estimate of drug-likeness (QED) is 0.859. The lowest BCUT2D eigenvalue weighted by molar-refractivity contribution is -0.132. The molecule has 1 amide bonds. The first-order valence-electron chi connectivity index (χ1n) is 7.97. The molecule has 0 aliphatic carbocycles. The highest BCUT2D eigenvalue weighted by Gasteiger charge is 2.30. The number of hydrogen-bond donors (Lipinski definition) is 0. The normalized spacial score (nSPS) is 17.3. The van der Waals surface area contributed by atoms with Gasteiger partial charge in [-0.15, -0.1) is 11.8 Å². The van der Waals surface area contributed by atoms with Crippen LogP contribution in [0.5, 0.6) is 0 Å². The van der Waals surface area contributed by atoms with Gasteiger partial charge in [-0.05, 0) is 26.3 Å². The molecule has 1 aliphatic heterocycles. The van der Waals surface area contributed by atoms with E-state index in [1.807, 2.05) is 11.8 Å². The van der Waals surface area contributed by atoms with Gasteiger partial charge >= 0.3 is 0 Å². The molecule has 5 nitrogen and oxygen atoms in total. The van der Waals surface area contributed by atoms with Crippen molar-refractivity contribution in [2.75, 3.05) is 12.3 Å². The van der Waals surface area contributed by atoms with Gasteiger partial charge in [-0.3, -0.25) is 14.2 Å². The molecule has 3 rings (SSSR count). The Balaban J connectivity index is 1.80. The van der Waals surface area contributed by atoms with Crippen LogP contribution in [0, 0.1) is 20.8 Å². The van der Waals surface area contributed by atoms with E-state index < -0.39 is 0 Å². The molecule has 0 bridgehead atoms. The monoisotopic (exact) mass is 343 g/mol. The lowest BCUT2D eigenvalue weighted by Gasteiger charge is -2.24. The standard InChI is InChI=1S/C18H21N3O2S/c1-12-4-6-15(7-5-12)18-21(8-9-24-18)16(22)10-20-11-19-14(3)13(2)17(20)23/h4-7,11,18H,8-10H2,1-3H3. The molecule has 1 aromatic heterocycles. The van der Waals surface area contributed by atoms with Crippen molar-refractivity contribution in [3.63, 3.8) is 0 Å². The molecule has 24 heavy (non-hydrogen) atoms. The molecule has 126 valence electrons. The fourth-order valence-corrected chi connectivity index (χ4v) is 4.04. The highest BCUT2D eigenvalue weighted by atomic mass is 32.2. The van der Waals surface area contributed by atoms with Crippen LogP contribution in [-0.4, -0.2) is 32.7 Å². The zero-order valence-electron chi connectivity index (χ0n) is 14.2. The Hall–Kier alpha value is -2.08. The smallest absolute Gasteiger partial charge is 0.256 e. The predicted molar refractivity (Wildman–Crippen MR) is 96.1 cm³/mol. The largest absolute Gasteiger partial charge is 0.324 e. The van der Waals surface area contributed by atoms with Gasteiger partial charge in [0.2, 0.25) is 5.91 Å². The second-order valence-electron chi connectivity index (χ2n) is 6.11. The van der Waals surface area contributed by atoms with E-state index >= 15 is 0 Å². The Morgan fingerprint density at radius 2 is 1.96 bits per heavy atom. The maximum absolute atomic E-state index is 12.7. The summed E-state index contributed by atoms with van der Waals surface area (Å²) in [5.74, 6) is 0.863. The summed E-state index contributed by atoms with van der Waals surface area (Å²) in [7, 11) is 0. The number of carbonyl (C=O) groups is 1. The van der Waals surface area contributed by atoms with Gasteiger partial charge in [0.25, 0.3) is 5.56 Å². The third-order valence-electron chi connectivity index (χ3n) is 4.39. The van der Waals surface area contributed by atoms with Gasteiger partial charge in [-0.2, -0.15) is 0 Å². The fourth-order valence-electron chi connectivity index (χ4n) is 2.76. The molecule has 2 heterocycles. The van der Waals surface area contributed by atoms with Crippen molar-refractivity contribution in [1.29, 1.82) is 0 Å². The molecule has 6 heteroatoms. The Bertz CT molecular complexity index is 814. The van der Waals surface area contributed by atoms with Gasteiger partial charge in [0.15, 0.2) is 0 Å². The highest BCUT2D eigenvalue weighted by molar-refractivity contribution is 7.99. The summed E-state index contributed by atoms with van der Waals surface area (Å²) in [6.07, 6.45) is 1.46. The Morgan fingerprint density at radius 3 is 2.67 bits per heavy atom. The van der Waals surface area contributed by atoms with Crippen LogP contribution in [0.15, 0.2) is 35.4 Å². The first kappa shape index (κ1) is 16.8. The zero-order valence-corrected chi connectivity index (χ0v) is 15.0. The molecule has 0 N–H and O–H groups in total. The van der Waals surface area contributed by atoms with E-state index in [1.165, 1.54) is 16.5 Å². The summed E-state index contributed by atoms with van der Waals surface area (Å²) in [6.45, 7) is 6.33. The molecule has 0 spiro atoms.